The monoisotopic (exact) mass is 822 g/mol. The van der Waals surface area contributed by atoms with Crippen LogP contribution in [0.3, 0.4) is 0 Å². The lowest BCUT2D eigenvalue weighted by Crippen LogP contribution is -2.10. The lowest BCUT2D eigenvalue weighted by atomic mass is 10.0. The van der Waals surface area contributed by atoms with Crippen molar-refractivity contribution in [3.63, 3.8) is 0 Å². The van der Waals surface area contributed by atoms with Crippen LogP contribution >= 0.6 is 0 Å². The number of rotatable bonds is 9. The standard InChI is InChI=1S/C58H38N4O2/c1-3-17-45(18-4-1)61(53-23-11-15-39-13-7-9-21-49(39)53)47-31-25-41(26-32-47)57-59-51-37-43(29-35-55(51)63-57)44-30-36-56-52(38-44)60-58(64-56)42-27-33-48(34-28-42)62(46-19-5-2-6-20-46)54-24-12-16-40-14-8-10-22-50(40)54/h1-38H. The van der Waals surface area contributed by atoms with E-state index in [-0.39, 0.29) is 0 Å². The number of benzene rings is 10. The van der Waals surface area contributed by atoms with Crippen molar-refractivity contribution in [2.75, 3.05) is 9.80 Å². The lowest BCUT2D eigenvalue weighted by Gasteiger charge is -2.27. The Morgan fingerprint density at radius 1 is 0.297 bits per heavy atom. The van der Waals surface area contributed by atoms with E-state index in [1.807, 2.05) is 24.3 Å². The molecule has 0 atom stereocenters. The molecule has 0 aliphatic heterocycles. The Labute approximate surface area is 369 Å². The number of aromatic nitrogens is 2. The van der Waals surface area contributed by atoms with Gasteiger partial charge in [0.05, 0.1) is 11.4 Å². The van der Waals surface area contributed by atoms with Gasteiger partial charge in [0.15, 0.2) is 11.2 Å². The maximum Gasteiger partial charge on any atom is 0.227 e. The molecule has 6 heteroatoms. The first-order chi connectivity index (χ1) is 31.7. The summed E-state index contributed by atoms with van der Waals surface area (Å²) in [6.07, 6.45) is 0. The summed E-state index contributed by atoms with van der Waals surface area (Å²) in [7, 11) is 0. The minimum absolute atomic E-state index is 0.571. The van der Waals surface area contributed by atoms with E-state index in [1.165, 1.54) is 21.5 Å². The highest BCUT2D eigenvalue weighted by atomic mass is 16.4. The molecule has 0 saturated heterocycles. The fraction of sp³-hybridized carbons (Fsp3) is 0. The number of anilines is 6. The molecule has 12 rings (SSSR count). The number of hydrogen-bond donors (Lipinski definition) is 0. The smallest absolute Gasteiger partial charge is 0.227 e. The van der Waals surface area contributed by atoms with Crippen molar-refractivity contribution in [1.82, 2.24) is 9.97 Å². The molecule has 0 saturated carbocycles. The number of fused-ring (bicyclic) bond motifs is 4. The third-order valence-corrected chi connectivity index (χ3v) is 11.9. The summed E-state index contributed by atoms with van der Waals surface area (Å²) >= 11 is 0. The van der Waals surface area contributed by atoms with Crippen LogP contribution in [0.2, 0.25) is 0 Å². The molecule has 302 valence electrons. The molecule has 2 heterocycles. The molecule has 0 bridgehead atoms. The van der Waals surface area contributed by atoms with Crippen LogP contribution < -0.4 is 9.80 Å². The minimum atomic E-state index is 0.571. The summed E-state index contributed by atoms with van der Waals surface area (Å²) < 4.78 is 12.7. The topological polar surface area (TPSA) is 58.5 Å². The molecule has 2 aromatic heterocycles. The van der Waals surface area contributed by atoms with Crippen molar-refractivity contribution < 1.29 is 8.83 Å². The molecule has 0 amide bonds. The summed E-state index contributed by atoms with van der Waals surface area (Å²) in [6.45, 7) is 0. The third-order valence-electron chi connectivity index (χ3n) is 11.9. The van der Waals surface area contributed by atoms with Crippen molar-refractivity contribution in [3.8, 4) is 34.0 Å². The fourth-order valence-corrected chi connectivity index (χ4v) is 8.78. The molecular formula is C58H38N4O2. The van der Waals surface area contributed by atoms with Crippen LogP contribution in [-0.4, -0.2) is 9.97 Å². The third kappa shape index (κ3) is 6.71. The van der Waals surface area contributed by atoms with Crippen LogP contribution in [0.4, 0.5) is 34.1 Å². The Hall–Kier alpha value is -8.74. The molecule has 0 aliphatic rings. The molecule has 0 aliphatic carbocycles. The second kappa shape index (κ2) is 15.6. The quantitative estimate of drug-likeness (QED) is 0.145. The zero-order chi connectivity index (χ0) is 42.4. The van der Waals surface area contributed by atoms with Crippen LogP contribution in [0, 0.1) is 0 Å². The zero-order valence-electron chi connectivity index (χ0n) is 34.5. The van der Waals surface area contributed by atoms with E-state index in [0.29, 0.717) is 11.8 Å². The van der Waals surface area contributed by atoms with Crippen molar-refractivity contribution in [2.45, 2.75) is 0 Å². The van der Waals surface area contributed by atoms with E-state index in [2.05, 4.69) is 216 Å². The maximum atomic E-state index is 6.33. The van der Waals surface area contributed by atoms with Gasteiger partial charge >= 0.3 is 0 Å². The zero-order valence-corrected chi connectivity index (χ0v) is 34.5. The van der Waals surface area contributed by atoms with Gasteiger partial charge in [-0.05, 0) is 131 Å². The minimum Gasteiger partial charge on any atom is -0.436 e. The molecule has 0 fully saturated rings. The molecule has 10 aromatic carbocycles. The Kier molecular flexibility index (Phi) is 9.05. The Morgan fingerprint density at radius 3 is 1.09 bits per heavy atom. The van der Waals surface area contributed by atoms with Gasteiger partial charge in [-0.25, -0.2) is 9.97 Å². The van der Waals surface area contributed by atoms with Crippen molar-refractivity contribution in [2.24, 2.45) is 0 Å². The lowest BCUT2D eigenvalue weighted by molar-refractivity contribution is 0.619. The molecule has 6 nitrogen and oxygen atoms in total. The first-order valence-electron chi connectivity index (χ1n) is 21.4. The summed E-state index contributed by atoms with van der Waals surface area (Å²) in [5.74, 6) is 1.14. The van der Waals surface area contributed by atoms with E-state index < -0.39 is 0 Å². The Morgan fingerprint density at radius 2 is 0.656 bits per heavy atom. The van der Waals surface area contributed by atoms with Gasteiger partial charge in [0.1, 0.15) is 11.0 Å². The molecular weight excluding hydrogens is 785 g/mol. The summed E-state index contributed by atoms with van der Waals surface area (Å²) in [6, 6.07) is 79.9. The average Bonchev–Trinajstić information content (AvgIpc) is 4.00. The Bertz CT molecular complexity index is 3360. The van der Waals surface area contributed by atoms with Gasteiger partial charge in [0.25, 0.3) is 0 Å². The number of nitrogens with zero attached hydrogens (tertiary/aromatic N) is 4. The highest BCUT2D eigenvalue weighted by Gasteiger charge is 2.19. The second-order valence-corrected chi connectivity index (χ2v) is 15.8. The first kappa shape index (κ1) is 37.1. The average molecular weight is 823 g/mol. The van der Waals surface area contributed by atoms with Gasteiger partial charge < -0.3 is 18.6 Å². The predicted octanol–water partition coefficient (Wildman–Crippen LogP) is 16.2. The van der Waals surface area contributed by atoms with Crippen molar-refractivity contribution in [1.29, 1.82) is 0 Å². The van der Waals surface area contributed by atoms with Gasteiger partial charge in [-0.1, -0.05) is 121 Å². The van der Waals surface area contributed by atoms with Crippen LogP contribution in [0.25, 0.3) is 77.8 Å². The van der Waals surface area contributed by atoms with E-state index in [0.717, 1.165) is 78.6 Å². The van der Waals surface area contributed by atoms with Crippen LogP contribution in [0.5, 0.6) is 0 Å². The molecule has 0 N–H and O–H groups in total. The maximum absolute atomic E-state index is 6.33. The normalized spacial score (nSPS) is 11.4. The number of hydrogen-bond acceptors (Lipinski definition) is 6. The summed E-state index contributed by atoms with van der Waals surface area (Å²) in [5.41, 5.74) is 13.3. The van der Waals surface area contributed by atoms with Crippen molar-refractivity contribution in [3.05, 3.63) is 231 Å². The van der Waals surface area contributed by atoms with Crippen LogP contribution in [0.1, 0.15) is 0 Å². The second-order valence-electron chi connectivity index (χ2n) is 15.8. The summed E-state index contributed by atoms with van der Waals surface area (Å²) in [4.78, 5) is 14.5. The first-order valence-corrected chi connectivity index (χ1v) is 21.4. The van der Waals surface area contributed by atoms with Gasteiger partial charge in [-0.2, -0.15) is 0 Å². The van der Waals surface area contributed by atoms with E-state index in [1.54, 1.807) is 0 Å². The molecule has 0 radical (unpaired) electrons. The molecule has 0 spiro atoms. The van der Waals surface area contributed by atoms with Crippen molar-refractivity contribution >= 4 is 77.9 Å². The number of oxazole rings is 2. The van der Waals surface area contributed by atoms with Crippen LogP contribution in [-0.2, 0) is 0 Å². The van der Waals surface area contributed by atoms with Gasteiger partial charge in [0, 0.05) is 44.6 Å². The van der Waals surface area contributed by atoms with E-state index in [9.17, 15) is 0 Å². The largest absolute Gasteiger partial charge is 0.436 e. The molecule has 64 heavy (non-hydrogen) atoms. The van der Waals surface area contributed by atoms with Gasteiger partial charge in [-0.3, -0.25) is 0 Å². The van der Waals surface area contributed by atoms with E-state index in [4.69, 9.17) is 18.8 Å². The van der Waals surface area contributed by atoms with E-state index >= 15 is 0 Å². The highest BCUT2D eigenvalue weighted by Crippen LogP contribution is 2.42. The Balaban J connectivity index is 0.819. The summed E-state index contributed by atoms with van der Waals surface area (Å²) in [5, 5.41) is 4.76. The molecule has 12 aromatic rings. The number of para-hydroxylation sites is 2. The van der Waals surface area contributed by atoms with Gasteiger partial charge in [-0.15, -0.1) is 0 Å². The molecule has 0 unspecified atom stereocenters. The predicted molar refractivity (Wildman–Crippen MR) is 262 cm³/mol. The highest BCUT2D eigenvalue weighted by molar-refractivity contribution is 6.00. The SMILES string of the molecule is c1ccc(N(c2ccc(-c3nc4cc(-c5ccc6oc(-c7ccc(N(c8ccccc8)c8cccc9ccccc89)cc7)nc6c5)ccc4o3)cc2)c2cccc3ccccc23)cc1. The van der Waals surface area contributed by atoms with Crippen LogP contribution in [0.15, 0.2) is 239 Å². The van der Waals surface area contributed by atoms with Gasteiger partial charge in [0.2, 0.25) is 11.8 Å². The fourth-order valence-electron chi connectivity index (χ4n) is 8.78.